The minimum Gasteiger partial charge on any atom is -0.350 e. The van der Waals surface area contributed by atoms with Crippen molar-refractivity contribution in [2.24, 2.45) is 0 Å². The van der Waals surface area contributed by atoms with E-state index in [-0.39, 0.29) is 12.5 Å². The van der Waals surface area contributed by atoms with E-state index < -0.39 is 0 Å². The molecule has 2 aromatic heterocycles. The second kappa shape index (κ2) is 8.32. The average molecular weight is 406 g/mol. The quantitative estimate of drug-likeness (QED) is 0.527. The van der Waals surface area contributed by atoms with E-state index in [1.807, 2.05) is 71.5 Å². The lowest BCUT2D eigenvalue weighted by molar-refractivity contribution is -0.122. The van der Waals surface area contributed by atoms with E-state index in [4.69, 9.17) is 16.7 Å². The predicted octanol–water partition coefficient (Wildman–Crippen LogP) is 4.01. The summed E-state index contributed by atoms with van der Waals surface area (Å²) in [6.07, 6.45) is 3.60. The summed E-state index contributed by atoms with van der Waals surface area (Å²) in [4.78, 5) is 12.4. The Hall–Kier alpha value is -3.38. The fraction of sp³-hybridized carbons (Fsp3) is 0.136. The molecule has 146 valence electrons. The van der Waals surface area contributed by atoms with Crippen molar-refractivity contribution in [3.05, 3.63) is 89.3 Å². The van der Waals surface area contributed by atoms with Gasteiger partial charge in [-0.25, -0.2) is 4.68 Å². The number of nitrogens with zero attached hydrogens (tertiary/aromatic N) is 4. The minimum absolute atomic E-state index is 0.112. The van der Waals surface area contributed by atoms with Gasteiger partial charge in [0.1, 0.15) is 6.54 Å². The van der Waals surface area contributed by atoms with Crippen LogP contribution in [0.5, 0.6) is 0 Å². The molecule has 0 radical (unpaired) electrons. The van der Waals surface area contributed by atoms with Crippen LogP contribution in [-0.4, -0.2) is 25.5 Å². The lowest BCUT2D eigenvalue weighted by Gasteiger charge is -2.06. The molecule has 0 saturated carbocycles. The number of halogens is 1. The molecule has 7 heteroatoms. The molecule has 0 saturated heterocycles. The summed E-state index contributed by atoms with van der Waals surface area (Å²) < 4.78 is 3.37. The van der Waals surface area contributed by atoms with Gasteiger partial charge in [0.25, 0.3) is 0 Å². The molecular weight excluding hydrogens is 386 g/mol. The van der Waals surface area contributed by atoms with Crippen LogP contribution in [0.25, 0.3) is 16.9 Å². The number of benzene rings is 2. The Morgan fingerprint density at radius 1 is 1.00 bits per heavy atom. The Morgan fingerprint density at radius 2 is 1.69 bits per heavy atom. The Labute approximate surface area is 173 Å². The van der Waals surface area contributed by atoms with Crippen molar-refractivity contribution >= 4 is 17.5 Å². The second-order valence-electron chi connectivity index (χ2n) is 6.69. The third-order valence-corrected chi connectivity index (χ3v) is 4.90. The number of hydrogen-bond donors (Lipinski definition) is 1. The SMILES string of the molecule is Cc1nn(CC(=O)NCc2cn(-c3ccccc3)nc2-c2ccccc2)cc1Cl. The third kappa shape index (κ3) is 4.38. The highest BCUT2D eigenvalue weighted by Crippen LogP contribution is 2.23. The molecule has 2 aromatic carbocycles. The van der Waals surface area contributed by atoms with Crippen LogP contribution in [0.3, 0.4) is 0 Å². The van der Waals surface area contributed by atoms with Gasteiger partial charge in [-0.05, 0) is 19.1 Å². The van der Waals surface area contributed by atoms with Gasteiger partial charge < -0.3 is 5.32 Å². The maximum Gasteiger partial charge on any atom is 0.242 e. The van der Waals surface area contributed by atoms with Crippen molar-refractivity contribution in [1.82, 2.24) is 24.9 Å². The molecular formula is C22H20ClN5O. The molecule has 2 heterocycles. The van der Waals surface area contributed by atoms with Gasteiger partial charge in [-0.15, -0.1) is 0 Å². The molecule has 0 aliphatic carbocycles. The predicted molar refractivity (Wildman–Crippen MR) is 113 cm³/mol. The zero-order valence-corrected chi connectivity index (χ0v) is 16.7. The highest BCUT2D eigenvalue weighted by Gasteiger charge is 2.14. The summed E-state index contributed by atoms with van der Waals surface area (Å²) in [6.45, 7) is 2.28. The molecule has 0 aliphatic rings. The fourth-order valence-electron chi connectivity index (χ4n) is 3.06. The molecule has 0 aliphatic heterocycles. The number of carbonyl (C=O) groups is 1. The summed E-state index contributed by atoms with van der Waals surface area (Å²) in [6, 6.07) is 19.8. The zero-order chi connectivity index (χ0) is 20.2. The van der Waals surface area contributed by atoms with Crippen LogP contribution in [0.4, 0.5) is 0 Å². The summed E-state index contributed by atoms with van der Waals surface area (Å²) in [5.41, 5.74) is 4.44. The van der Waals surface area contributed by atoms with Crippen LogP contribution in [0.15, 0.2) is 73.1 Å². The average Bonchev–Trinajstić information content (AvgIpc) is 3.31. The summed E-state index contributed by atoms with van der Waals surface area (Å²) in [7, 11) is 0. The van der Waals surface area contributed by atoms with Crippen molar-refractivity contribution in [2.45, 2.75) is 20.0 Å². The van der Waals surface area contributed by atoms with Crippen molar-refractivity contribution in [3.63, 3.8) is 0 Å². The summed E-state index contributed by atoms with van der Waals surface area (Å²) in [5, 5.41) is 12.5. The molecule has 0 unspecified atom stereocenters. The first-order valence-corrected chi connectivity index (χ1v) is 9.63. The molecule has 1 N–H and O–H groups in total. The first kappa shape index (κ1) is 19.0. The first-order chi connectivity index (χ1) is 14.1. The summed E-state index contributed by atoms with van der Waals surface area (Å²) in [5.74, 6) is -0.143. The molecule has 0 atom stereocenters. The molecule has 0 fully saturated rings. The first-order valence-electron chi connectivity index (χ1n) is 9.26. The van der Waals surface area contributed by atoms with Crippen molar-refractivity contribution in [3.8, 4) is 16.9 Å². The molecule has 6 nitrogen and oxygen atoms in total. The standard InChI is InChI=1S/C22H20ClN5O/c1-16-20(23)14-27(25-16)15-21(29)24-12-18-13-28(19-10-6-3-7-11-19)26-22(18)17-8-4-2-5-9-17/h2-11,13-14H,12,15H2,1H3,(H,24,29). The van der Waals surface area contributed by atoms with Crippen LogP contribution >= 0.6 is 11.6 Å². The third-order valence-electron chi connectivity index (χ3n) is 4.53. The Bertz CT molecular complexity index is 1100. The van der Waals surface area contributed by atoms with Gasteiger partial charge in [-0.2, -0.15) is 10.2 Å². The van der Waals surface area contributed by atoms with E-state index in [2.05, 4.69) is 10.4 Å². The molecule has 4 aromatic rings. The Kier molecular flexibility index (Phi) is 5.44. The van der Waals surface area contributed by atoms with Crippen LogP contribution in [0.2, 0.25) is 5.02 Å². The number of aryl methyl sites for hydroxylation is 1. The minimum atomic E-state index is -0.143. The highest BCUT2D eigenvalue weighted by molar-refractivity contribution is 6.31. The molecule has 1 amide bonds. The Balaban J connectivity index is 1.55. The number of nitrogens with one attached hydrogen (secondary N) is 1. The van der Waals surface area contributed by atoms with Gasteiger partial charge in [-0.3, -0.25) is 9.48 Å². The van der Waals surface area contributed by atoms with Crippen LogP contribution < -0.4 is 5.32 Å². The van der Waals surface area contributed by atoms with Gasteiger partial charge in [0.2, 0.25) is 5.91 Å². The number of amides is 1. The van der Waals surface area contributed by atoms with Crippen LogP contribution in [0, 0.1) is 6.92 Å². The van der Waals surface area contributed by atoms with Crippen molar-refractivity contribution in [2.75, 3.05) is 0 Å². The lowest BCUT2D eigenvalue weighted by Crippen LogP contribution is -2.27. The van der Waals surface area contributed by atoms with Crippen LogP contribution in [-0.2, 0) is 17.9 Å². The number of rotatable bonds is 6. The molecule has 29 heavy (non-hydrogen) atoms. The highest BCUT2D eigenvalue weighted by atomic mass is 35.5. The number of para-hydroxylation sites is 1. The number of hydrogen-bond acceptors (Lipinski definition) is 3. The fourth-order valence-corrected chi connectivity index (χ4v) is 3.21. The van der Waals surface area contributed by atoms with E-state index in [0.717, 1.165) is 22.5 Å². The topological polar surface area (TPSA) is 64.7 Å². The van der Waals surface area contributed by atoms with E-state index in [0.29, 0.717) is 17.3 Å². The molecule has 0 bridgehead atoms. The van der Waals surface area contributed by atoms with Crippen LogP contribution in [0.1, 0.15) is 11.3 Å². The van der Waals surface area contributed by atoms with E-state index in [1.54, 1.807) is 17.8 Å². The van der Waals surface area contributed by atoms with Gasteiger partial charge in [0.15, 0.2) is 0 Å². The van der Waals surface area contributed by atoms with Crippen molar-refractivity contribution in [1.29, 1.82) is 0 Å². The maximum absolute atomic E-state index is 12.4. The molecule has 4 rings (SSSR count). The van der Waals surface area contributed by atoms with E-state index in [9.17, 15) is 4.79 Å². The number of carbonyl (C=O) groups excluding carboxylic acids is 1. The van der Waals surface area contributed by atoms with E-state index in [1.165, 1.54) is 0 Å². The van der Waals surface area contributed by atoms with Crippen molar-refractivity contribution < 1.29 is 4.79 Å². The molecule has 0 spiro atoms. The van der Waals surface area contributed by atoms with E-state index >= 15 is 0 Å². The van der Waals surface area contributed by atoms with Gasteiger partial charge in [0, 0.05) is 30.1 Å². The number of aromatic nitrogens is 4. The van der Waals surface area contributed by atoms with Gasteiger partial charge in [-0.1, -0.05) is 60.1 Å². The lowest BCUT2D eigenvalue weighted by atomic mass is 10.1. The zero-order valence-electron chi connectivity index (χ0n) is 15.9. The normalized spacial score (nSPS) is 10.8. The van der Waals surface area contributed by atoms with Gasteiger partial charge in [0.05, 0.1) is 22.1 Å². The largest absolute Gasteiger partial charge is 0.350 e. The smallest absolute Gasteiger partial charge is 0.242 e. The monoisotopic (exact) mass is 405 g/mol. The Morgan fingerprint density at radius 3 is 2.34 bits per heavy atom. The maximum atomic E-state index is 12.4. The van der Waals surface area contributed by atoms with Gasteiger partial charge >= 0.3 is 0 Å². The summed E-state index contributed by atoms with van der Waals surface area (Å²) >= 11 is 6.01. The second-order valence-corrected chi connectivity index (χ2v) is 7.09.